The molecule has 7 nitrogen and oxygen atoms in total. The van der Waals surface area contributed by atoms with Crippen molar-refractivity contribution in [2.24, 2.45) is 5.92 Å². The number of benzene rings is 2. The number of likely N-dealkylation sites (tertiary alicyclic amines) is 1. The molecule has 0 radical (unpaired) electrons. The quantitative estimate of drug-likeness (QED) is 0.407. The average Bonchev–Trinajstić information content (AvgIpc) is 2.84. The van der Waals surface area contributed by atoms with Gasteiger partial charge in [-0.05, 0) is 67.6 Å². The summed E-state index contributed by atoms with van der Waals surface area (Å²) in [4.78, 5) is 27.3. The summed E-state index contributed by atoms with van der Waals surface area (Å²) in [7, 11) is 0. The Labute approximate surface area is 210 Å². The molecular formula is C25H27BrF2N4O3. The van der Waals surface area contributed by atoms with Crippen LogP contribution < -0.4 is 16.0 Å². The minimum absolute atomic E-state index is 0.169. The van der Waals surface area contributed by atoms with E-state index in [2.05, 4.69) is 30.7 Å². The maximum atomic E-state index is 12.8. The zero-order valence-corrected chi connectivity index (χ0v) is 20.7. The third-order valence-corrected chi connectivity index (χ3v) is 7.07. The topological polar surface area (TPSA) is 69.4 Å². The molecule has 0 amide bonds. The second-order valence-electron chi connectivity index (χ2n) is 8.68. The molecule has 1 aliphatic rings. The van der Waals surface area contributed by atoms with Gasteiger partial charge in [-0.25, -0.2) is 9.48 Å². The summed E-state index contributed by atoms with van der Waals surface area (Å²) in [6.07, 6.45) is 3.89. The van der Waals surface area contributed by atoms with Gasteiger partial charge in [-0.1, -0.05) is 46.3 Å². The molecule has 10 heteroatoms. The summed E-state index contributed by atoms with van der Waals surface area (Å²) in [6, 6.07) is 14.3. The highest BCUT2D eigenvalue weighted by Crippen LogP contribution is 2.29. The van der Waals surface area contributed by atoms with E-state index in [4.69, 9.17) is 0 Å². The highest BCUT2D eigenvalue weighted by Gasteiger charge is 2.21. The van der Waals surface area contributed by atoms with Crippen LogP contribution in [0.4, 0.5) is 8.78 Å². The second-order valence-corrected chi connectivity index (χ2v) is 9.54. The normalized spacial score (nSPS) is 15.0. The van der Waals surface area contributed by atoms with Crippen LogP contribution in [-0.4, -0.2) is 45.5 Å². The number of halogens is 3. The van der Waals surface area contributed by atoms with Gasteiger partial charge in [0, 0.05) is 11.0 Å². The number of piperidine rings is 1. The molecule has 0 unspecified atom stereocenters. The first-order valence-electron chi connectivity index (χ1n) is 11.6. The molecule has 0 bridgehead atoms. The monoisotopic (exact) mass is 548 g/mol. The molecule has 1 aromatic heterocycles. The van der Waals surface area contributed by atoms with Gasteiger partial charge in [-0.3, -0.25) is 9.36 Å². The molecule has 0 spiro atoms. The van der Waals surface area contributed by atoms with Crippen molar-refractivity contribution < 1.29 is 13.5 Å². The number of ether oxygens (including phenoxy) is 1. The first-order chi connectivity index (χ1) is 16.9. The Kier molecular flexibility index (Phi) is 8.46. The fraction of sp³-hybridized carbons (Fsp3) is 0.400. The van der Waals surface area contributed by atoms with Crippen molar-refractivity contribution in [1.29, 1.82) is 0 Å². The van der Waals surface area contributed by atoms with Crippen molar-refractivity contribution in [2.75, 3.05) is 19.6 Å². The lowest BCUT2D eigenvalue weighted by molar-refractivity contribution is -0.0499. The highest BCUT2D eigenvalue weighted by atomic mass is 79.9. The van der Waals surface area contributed by atoms with Crippen molar-refractivity contribution in [2.45, 2.75) is 39.0 Å². The van der Waals surface area contributed by atoms with E-state index in [0.29, 0.717) is 19.0 Å². The van der Waals surface area contributed by atoms with Gasteiger partial charge in [0.15, 0.2) is 0 Å². The number of aromatic nitrogens is 3. The third-order valence-electron chi connectivity index (χ3n) is 6.29. The highest BCUT2D eigenvalue weighted by molar-refractivity contribution is 9.10. The lowest BCUT2D eigenvalue weighted by Crippen LogP contribution is -2.43. The van der Waals surface area contributed by atoms with Crippen molar-refractivity contribution >= 4 is 15.9 Å². The van der Waals surface area contributed by atoms with Crippen LogP contribution in [0.5, 0.6) is 5.75 Å². The van der Waals surface area contributed by atoms with Gasteiger partial charge in [-0.2, -0.15) is 13.9 Å². The van der Waals surface area contributed by atoms with E-state index in [9.17, 15) is 18.4 Å². The first kappa shape index (κ1) is 25.2. The molecule has 0 atom stereocenters. The number of hydrogen-bond donors (Lipinski definition) is 0. The van der Waals surface area contributed by atoms with Gasteiger partial charge < -0.3 is 9.64 Å². The summed E-state index contributed by atoms with van der Waals surface area (Å²) in [5.41, 5.74) is 1.01. The predicted molar refractivity (Wildman–Crippen MR) is 132 cm³/mol. The summed E-state index contributed by atoms with van der Waals surface area (Å²) in [6.45, 7) is 0.168. The Morgan fingerprint density at radius 2 is 1.80 bits per heavy atom. The van der Waals surface area contributed by atoms with Gasteiger partial charge in [0.25, 0.3) is 5.56 Å². The van der Waals surface area contributed by atoms with Gasteiger partial charge in [0.05, 0.1) is 13.1 Å². The van der Waals surface area contributed by atoms with Gasteiger partial charge >= 0.3 is 12.3 Å². The summed E-state index contributed by atoms with van der Waals surface area (Å²) >= 11 is 3.51. The van der Waals surface area contributed by atoms with Gasteiger partial charge in [-0.15, -0.1) is 0 Å². The minimum Gasteiger partial charge on any atom is -0.435 e. The van der Waals surface area contributed by atoms with Crippen LogP contribution in [0.1, 0.15) is 24.0 Å². The van der Waals surface area contributed by atoms with E-state index < -0.39 is 17.9 Å². The fourth-order valence-corrected chi connectivity index (χ4v) is 4.79. The smallest absolute Gasteiger partial charge is 0.387 e. The average molecular weight is 549 g/mol. The molecule has 2 heterocycles. The predicted octanol–water partition coefficient (Wildman–Crippen LogP) is 3.77. The lowest BCUT2D eigenvalue weighted by atomic mass is 9.90. The molecule has 0 N–H and O–H groups in total. The molecule has 1 saturated heterocycles. The molecule has 1 fully saturated rings. The van der Waals surface area contributed by atoms with Crippen LogP contribution >= 0.6 is 15.9 Å². The molecular weight excluding hydrogens is 522 g/mol. The molecule has 0 aliphatic carbocycles. The molecule has 1 aliphatic heterocycles. The second kappa shape index (κ2) is 11.7. The van der Waals surface area contributed by atoms with Crippen LogP contribution in [0.3, 0.4) is 0 Å². The number of hydrogen-bond acceptors (Lipinski definition) is 5. The maximum Gasteiger partial charge on any atom is 0.387 e. The van der Waals surface area contributed by atoms with Crippen molar-refractivity contribution in [1.82, 2.24) is 19.2 Å². The van der Waals surface area contributed by atoms with Crippen molar-refractivity contribution in [3.8, 4) is 5.75 Å². The van der Waals surface area contributed by atoms with E-state index >= 15 is 0 Å². The Morgan fingerprint density at radius 1 is 1.06 bits per heavy atom. The molecule has 2 aromatic carbocycles. The number of rotatable bonds is 9. The van der Waals surface area contributed by atoms with E-state index in [0.717, 1.165) is 48.0 Å². The van der Waals surface area contributed by atoms with E-state index in [-0.39, 0.29) is 12.3 Å². The Bertz CT molecular complexity index is 1240. The summed E-state index contributed by atoms with van der Waals surface area (Å²) < 4.78 is 33.0. The van der Waals surface area contributed by atoms with Crippen molar-refractivity contribution in [3.63, 3.8) is 0 Å². The zero-order chi connectivity index (χ0) is 24.8. The number of nitrogens with zero attached hydrogens (tertiary/aromatic N) is 4. The Hall–Kier alpha value is -2.85. The Balaban J connectivity index is 1.31. The van der Waals surface area contributed by atoms with Gasteiger partial charge in [0.2, 0.25) is 0 Å². The third kappa shape index (κ3) is 6.85. The maximum absolute atomic E-state index is 12.8. The number of alkyl halides is 2. The van der Waals surface area contributed by atoms with Crippen LogP contribution in [0.25, 0.3) is 0 Å². The Morgan fingerprint density at radius 3 is 2.51 bits per heavy atom. The van der Waals surface area contributed by atoms with E-state index in [1.807, 2.05) is 30.3 Å². The molecule has 3 aromatic rings. The standard InChI is InChI=1S/C25H27BrF2N4O3/c26-22-7-6-21(35-24(27)28)15-20(22)14-18-8-10-30(11-9-18)12-13-32-25(34)31(23(33)16-29-32)17-19-4-2-1-3-5-19/h1-7,15-16,18,24H,8-14,17H2. The molecule has 186 valence electrons. The minimum atomic E-state index is -2.84. The molecule has 0 saturated carbocycles. The van der Waals surface area contributed by atoms with Crippen LogP contribution in [0.2, 0.25) is 0 Å². The van der Waals surface area contributed by atoms with Crippen LogP contribution in [0.15, 0.2) is 68.8 Å². The molecule has 4 rings (SSSR count). The SMILES string of the molecule is O=c1cnn(CCN2CCC(Cc3cc(OC(F)F)ccc3Br)CC2)c(=O)n1Cc1ccccc1. The lowest BCUT2D eigenvalue weighted by Gasteiger charge is -2.32. The molecule has 35 heavy (non-hydrogen) atoms. The largest absolute Gasteiger partial charge is 0.435 e. The summed E-state index contributed by atoms with van der Waals surface area (Å²) in [5, 5.41) is 4.05. The zero-order valence-electron chi connectivity index (χ0n) is 19.2. The first-order valence-corrected chi connectivity index (χ1v) is 12.3. The van der Waals surface area contributed by atoms with Crippen LogP contribution in [0, 0.1) is 5.92 Å². The summed E-state index contributed by atoms with van der Waals surface area (Å²) in [5.74, 6) is 0.597. The van der Waals surface area contributed by atoms with E-state index in [1.54, 1.807) is 12.1 Å². The van der Waals surface area contributed by atoms with Crippen LogP contribution in [-0.2, 0) is 19.5 Å². The fourth-order valence-electron chi connectivity index (χ4n) is 4.38. The van der Waals surface area contributed by atoms with E-state index in [1.165, 1.54) is 21.5 Å². The van der Waals surface area contributed by atoms with Crippen molar-refractivity contribution in [3.05, 3.63) is 91.2 Å². The van der Waals surface area contributed by atoms with Gasteiger partial charge in [0.1, 0.15) is 11.9 Å².